The normalized spacial score (nSPS) is 11.8. The highest BCUT2D eigenvalue weighted by Crippen LogP contribution is 2.33. The molecule has 24 heavy (non-hydrogen) atoms. The number of methoxy groups -OCH3 is 1. The lowest BCUT2D eigenvalue weighted by molar-refractivity contribution is -0.116. The van der Waals surface area contributed by atoms with E-state index in [-0.39, 0.29) is 5.91 Å². The van der Waals surface area contributed by atoms with Gasteiger partial charge in [-0.2, -0.15) is 0 Å². The summed E-state index contributed by atoms with van der Waals surface area (Å²) >= 11 is 0. The lowest BCUT2D eigenvalue weighted by Gasteiger charge is -2.10. The van der Waals surface area contributed by atoms with Crippen molar-refractivity contribution in [2.75, 3.05) is 13.7 Å². The molecule has 1 aromatic carbocycles. The van der Waals surface area contributed by atoms with Gasteiger partial charge in [0.2, 0.25) is 5.91 Å². The first-order chi connectivity index (χ1) is 11.6. The summed E-state index contributed by atoms with van der Waals surface area (Å²) in [5.74, 6) is 0.649. The molecule has 2 rings (SSSR count). The van der Waals surface area contributed by atoms with Gasteiger partial charge in [-0.3, -0.25) is 4.79 Å². The van der Waals surface area contributed by atoms with E-state index >= 15 is 0 Å². The Morgan fingerprint density at radius 1 is 1.29 bits per heavy atom. The highest BCUT2D eigenvalue weighted by molar-refractivity contribution is 5.97. The lowest BCUT2D eigenvalue weighted by atomic mass is 10.0. The van der Waals surface area contributed by atoms with Crippen LogP contribution in [0.15, 0.2) is 28.9 Å². The molecule has 0 unspecified atom stereocenters. The van der Waals surface area contributed by atoms with Crippen molar-refractivity contribution in [2.24, 2.45) is 0 Å². The number of amides is 1. The van der Waals surface area contributed by atoms with Gasteiger partial charge in [0, 0.05) is 29.6 Å². The maximum absolute atomic E-state index is 12.1. The van der Waals surface area contributed by atoms with Crippen LogP contribution in [0.4, 0.5) is 0 Å². The van der Waals surface area contributed by atoms with E-state index in [1.807, 2.05) is 26.0 Å². The summed E-state index contributed by atoms with van der Waals surface area (Å²) in [5.41, 5.74) is 3.65. The molecule has 4 heteroatoms. The van der Waals surface area contributed by atoms with Crippen LogP contribution in [-0.2, 0) is 4.79 Å². The van der Waals surface area contributed by atoms with Crippen molar-refractivity contribution in [1.29, 1.82) is 0 Å². The third kappa shape index (κ3) is 4.40. The largest absolute Gasteiger partial charge is 0.496 e. The molecule has 0 saturated carbocycles. The molecular formula is C20H27NO3. The van der Waals surface area contributed by atoms with Gasteiger partial charge < -0.3 is 14.5 Å². The second-order valence-corrected chi connectivity index (χ2v) is 6.15. The maximum Gasteiger partial charge on any atom is 0.244 e. The molecule has 0 aliphatic rings. The number of carbonyl (C=O) groups excluding carboxylic acids is 1. The van der Waals surface area contributed by atoms with Crippen molar-refractivity contribution in [1.82, 2.24) is 5.32 Å². The SMILES string of the molecule is CCCCCCNC(=O)/C=C(\C)c1cc2c(C)coc2cc1OC. The second-order valence-electron chi connectivity index (χ2n) is 6.15. The predicted molar refractivity (Wildman–Crippen MR) is 98.3 cm³/mol. The molecule has 0 aliphatic carbocycles. The molecule has 0 aliphatic heterocycles. The third-order valence-corrected chi connectivity index (χ3v) is 4.19. The van der Waals surface area contributed by atoms with Gasteiger partial charge in [0.15, 0.2) is 0 Å². The molecule has 1 aromatic heterocycles. The highest BCUT2D eigenvalue weighted by atomic mass is 16.5. The van der Waals surface area contributed by atoms with Crippen LogP contribution in [0.2, 0.25) is 0 Å². The lowest BCUT2D eigenvalue weighted by Crippen LogP contribution is -2.22. The molecule has 130 valence electrons. The molecular weight excluding hydrogens is 302 g/mol. The number of nitrogens with one attached hydrogen (secondary N) is 1. The van der Waals surface area contributed by atoms with E-state index in [0.29, 0.717) is 5.75 Å². The summed E-state index contributed by atoms with van der Waals surface area (Å²) in [6.07, 6.45) is 7.96. The van der Waals surface area contributed by atoms with Gasteiger partial charge in [-0.05, 0) is 37.5 Å². The van der Waals surface area contributed by atoms with Gasteiger partial charge in [0.25, 0.3) is 0 Å². The molecule has 0 fully saturated rings. The molecule has 0 spiro atoms. The zero-order valence-electron chi connectivity index (χ0n) is 15.1. The zero-order chi connectivity index (χ0) is 17.5. The number of furan rings is 1. The first-order valence-electron chi connectivity index (χ1n) is 8.59. The van der Waals surface area contributed by atoms with Crippen molar-refractivity contribution >= 4 is 22.4 Å². The minimum absolute atomic E-state index is 0.0601. The molecule has 0 radical (unpaired) electrons. The first kappa shape index (κ1) is 18.1. The van der Waals surface area contributed by atoms with Crippen LogP contribution >= 0.6 is 0 Å². The Kier molecular flexibility index (Phi) is 6.47. The average molecular weight is 329 g/mol. The number of ether oxygens (including phenoxy) is 1. The van der Waals surface area contributed by atoms with Gasteiger partial charge in [0.1, 0.15) is 11.3 Å². The summed E-state index contributed by atoms with van der Waals surface area (Å²) in [7, 11) is 1.63. The van der Waals surface area contributed by atoms with Crippen LogP contribution in [0.1, 0.15) is 50.7 Å². The van der Waals surface area contributed by atoms with Crippen LogP contribution in [0.3, 0.4) is 0 Å². The van der Waals surface area contributed by atoms with Crippen LogP contribution in [0, 0.1) is 6.92 Å². The van der Waals surface area contributed by atoms with Crippen LogP contribution in [0.5, 0.6) is 5.75 Å². The summed E-state index contributed by atoms with van der Waals surface area (Å²) in [6, 6.07) is 3.89. The molecule has 0 bridgehead atoms. The summed E-state index contributed by atoms with van der Waals surface area (Å²) < 4.78 is 11.0. The number of hydrogen-bond donors (Lipinski definition) is 1. The Balaban J connectivity index is 2.12. The number of carbonyl (C=O) groups is 1. The van der Waals surface area contributed by atoms with E-state index in [2.05, 4.69) is 12.2 Å². The minimum atomic E-state index is -0.0601. The van der Waals surface area contributed by atoms with Crippen LogP contribution < -0.4 is 10.1 Å². The summed E-state index contributed by atoms with van der Waals surface area (Å²) in [4.78, 5) is 12.1. The number of fused-ring (bicyclic) bond motifs is 1. The van der Waals surface area contributed by atoms with Crippen molar-refractivity contribution in [2.45, 2.75) is 46.5 Å². The Morgan fingerprint density at radius 2 is 2.08 bits per heavy atom. The quantitative estimate of drug-likeness (QED) is 0.556. The fraction of sp³-hybridized carbons (Fsp3) is 0.450. The number of rotatable bonds is 8. The minimum Gasteiger partial charge on any atom is -0.496 e. The van der Waals surface area contributed by atoms with Gasteiger partial charge in [-0.25, -0.2) is 0 Å². The zero-order valence-corrected chi connectivity index (χ0v) is 15.1. The molecule has 0 atom stereocenters. The van der Waals surface area contributed by atoms with Crippen LogP contribution in [-0.4, -0.2) is 19.6 Å². The molecule has 1 amide bonds. The third-order valence-electron chi connectivity index (χ3n) is 4.19. The van der Waals surface area contributed by atoms with E-state index in [1.165, 1.54) is 12.8 Å². The Hall–Kier alpha value is -2.23. The predicted octanol–water partition coefficient (Wildman–Crippen LogP) is 4.85. The molecule has 4 nitrogen and oxygen atoms in total. The van der Waals surface area contributed by atoms with Gasteiger partial charge in [0.05, 0.1) is 13.4 Å². The van der Waals surface area contributed by atoms with E-state index < -0.39 is 0 Å². The first-order valence-corrected chi connectivity index (χ1v) is 8.59. The fourth-order valence-electron chi connectivity index (χ4n) is 2.75. The fourth-order valence-corrected chi connectivity index (χ4v) is 2.75. The number of unbranched alkanes of at least 4 members (excludes halogenated alkanes) is 3. The standard InChI is InChI=1S/C20H27NO3/c1-5-6-7-8-9-21-20(22)10-14(2)16-11-17-15(3)13-24-19(17)12-18(16)23-4/h10-13H,5-9H2,1-4H3,(H,21,22)/b14-10+. The second kappa shape index (κ2) is 8.57. The molecule has 1 heterocycles. The average Bonchev–Trinajstić information content (AvgIpc) is 2.93. The smallest absolute Gasteiger partial charge is 0.244 e. The van der Waals surface area contributed by atoms with Gasteiger partial charge >= 0.3 is 0 Å². The monoisotopic (exact) mass is 329 g/mol. The number of benzene rings is 1. The molecule has 2 aromatic rings. The number of hydrogen-bond acceptors (Lipinski definition) is 3. The van der Waals surface area contributed by atoms with Crippen molar-refractivity contribution in [3.05, 3.63) is 35.6 Å². The van der Waals surface area contributed by atoms with Crippen molar-refractivity contribution < 1.29 is 13.9 Å². The molecule has 0 saturated heterocycles. The molecule has 1 N–H and O–H groups in total. The summed E-state index contributed by atoms with van der Waals surface area (Å²) in [5, 5.41) is 3.99. The van der Waals surface area contributed by atoms with Crippen LogP contribution in [0.25, 0.3) is 16.5 Å². The van der Waals surface area contributed by atoms with Gasteiger partial charge in [-0.1, -0.05) is 26.2 Å². The Labute approximate surface area is 143 Å². The van der Waals surface area contributed by atoms with Gasteiger partial charge in [-0.15, -0.1) is 0 Å². The number of aryl methyl sites for hydroxylation is 1. The van der Waals surface area contributed by atoms with Crippen molar-refractivity contribution in [3.63, 3.8) is 0 Å². The topological polar surface area (TPSA) is 51.5 Å². The maximum atomic E-state index is 12.1. The van der Waals surface area contributed by atoms with E-state index in [1.54, 1.807) is 19.4 Å². The number of allylic oxidation sites excluding steroid dienone is 1. The summed E-state index contributed by atoms with van der Waals surface area (Å²) in [6.45, 7) is 6.83. The van der Waals surface area contributed by atoms with Crippen molar-refractivity contribution in [3.8, 4) is 5.75 Å². The Bertz CT molecular complexity index is 728. The van der Waals surface area contributed by atoms with E-state index in [0.717, 1.165) is 47.1 Å². The highest BCUT2D eigenvalue weighted by Gasteiger charge is 2.12. The Morgan fingerprint density at radius 3 is 2.79 bits per heavy atom. The van der Waals surface area contributed by atoms with E-state index in [4.69, 9.17) is 9.15 Å². The van der Waals surface area contributed by atoms with E-state index in [9.17, 15) is 4.79 Å².